The van der Waals surface area contributed by atoms with Crippen LogP contribution in [0, 0.1) is 0 Å². The van der Waals surface area contributed by atoms with Gasteiger partial charge in [-0.3, -0.25) is 4.79 Å². The number of guanidine groups is 1. The third-order valence-electron chi connectivity index (χ3n) is 5.14. The molecule has 1 fully saturated rings. The van der Waals surface area contributed by atoms with E-state index in [-0.39, 0.29) is 23.3 Å². The monoisotopic (exact) mass is 473 g/mol. The van der Waals surface area contributed by atoms with Crippen molar-refractivity contribution < 1.29 is 36.2 Å². The molecule has 1 aliphatic rings. The van der Waals surface area contributed by atoms with Crippen molar-refractivity contribution in [2.24, 2.45) is 4.99 Å². The first-order chi connectivity index (χ1) is 15.4. The number of halogens is 6. The maximum atomic E-state index is 13.0. The number of anilines is 1. The number of hydrogen-bond donors (Lipinski definition) is 3. The Bertz CT molecular complexity index is 1010. The van der Waals surface area contributed by atoms with Crippen LogP contribution in [0.3, 0.4) is 0 Å². The van der Waals surface area contributed by atoms with Gasteiger partial charge in [-0.1, -0.05) is 12.1 Å². The minimum Gasteiger partial charge on any atom is -0.393 e. The molecule has 1 saturated carbocycles. The zero-order chi connectivity index (χ0) is 24.2. The van der Waals surface area contributed by atoms with Crippen LogP contribution in [0.4, 0.5) is 32.0 Å². The van der Waals surface area contributed by atoms with Crippen LogP contribution < -0.4 is 10.6 Å². The fourth-order valence-electron chi connectivity index (χ4n) is 3.41. The van der Waals surface area contributed by atoms with E-state index in [1.807, 2.05) is 0 Å². The predicted octanol–water partition coefficient (Wildman–Crippen LogP) is 5.23. The van der Waals surface area contributed by atoms with Crippen molar-refractivity contribution >= 4 is 17.6 Å². The maximum Gasteiger partial charge on any atom is 0.416 e. The van der Waals surface area contributed by atoms with Gasteiger partial charge in [0.1, 0.15) is 0 Å². The first-order valence-electron chi connectivity index (χ1n) is 10.1. The maximum absolute atomic E-state index is 13.0. The summed E-state index contributed by atoms with van der Waals surface area (Å²) in [5.74, 6) is -1.20. The Morgan fingerprint density at radius 2 is 1.45 bits per heavy atom. The van der Waals surface area contributed by atoms with Gasteiger partial charge in [-0.15, -0.1) is 0 Å². The molecule has 0 spiro atoms. The van der Waals surface area contributed by atoms with E-state index in [1.165, 1.54) is 18.2 Å². The van der Waals surface area contributed by atoms with Gasteiger partial charge in [0, 0.05) is 17.3 Å². The number of aliphatic hydroxyl groups excluding tert-OH is 1. The molecule has 5 nitrogen and oxygen atoms in total. The predicted molar refractivity (Wildman–Crippen MR) is 110 cm³/mol. The zero-order valence-corrected chi connectivity index (χ0v) is 17.2. The number of hydrogen-bond acceptors (Lipinski definition) is 2. The average molecular weight is 473 g/mol. The van der Waals surface area contributed by atoms with Gasteiger partial charge in [0.25, 0.3) is 5.91 Å². The summed E-state index contributed by atoms with van der Waals surface area (Å²) in [5.41, 5.74) is -2.28. The van der Waals surface area contributed by atoms with Gasteiger partial charge in [0.05, 0.1) is 17.2 Å². The van der Waals surface area contributed by atoms with Gasteiger partial charge < -0.3 is 15.7 Å². The van der Waals surface area contributed by atoms with E-state index in [0.717, 1.165) is 24.3 Å². The molecule has 3 rings (SSSR count). The minimum atomic E-state index is -4.65. The van der Waals surface area contributed by atoms with E-state index in [9.17, 15) is 36.2 Å². The molecule has 0 radical (unpaired) electrons. The Labute approximate surface area is 185 Å². The van der Waals surface area contributed by atoms with E-state index in [0.29, 0.717) is 31.7 Å². The Morgan fingerprint density at radius 1 is 0.879 bits per heavy atom. The molecule has 0 aliphatic heterocycles. The highest BCUT2D eigenvalue weighted by atomic mass is 19.4. The number of benzene rings is 2. The molecule has 0 atom stereocenters. The van der Waals surface area contributed by atoms with Crippen LogP contribution in [0.2, 0.25) is 0 Å². The first-order valence-corrected chi connectivity index (χ1v) is 10.1. The Kier molecular flexibility index (Phi) is 7.31. The van der Waals surface area contributed by atoms with Crippen molar-refractivity contribution in [3.63, 3.8) is 0 Å². The molecule has 178 valence electrons. The van der Waals surface area contributed by atoms with E-state index >= 15 is 0 Å². The van der Waals surface area contributed by atoms with Crippen molar-refractivity contribution in [3.05, 3.63) is 65.2 Å². The summed E-state index contributed by atoms with van der Waals surface area (Å²) in [6, 6.07) is 7.70. The van der Waals surface area contributed by atoms with Crippen LogP contribution in [0.25, 0.3) is 0 Å². The number of nitrogens with zero attached hydrogens (tertiary/aromatic N) is 1. The zero-order valence-electron chi connectivity index (χ0n) is 17.2. The van der Waals surface area contributed by atoms with Crippen molar-refractivity contribution in [2.75, 3.05) is 5.32 Å². The van der Waals surface area contributed by atoms with Crippen LogP contribution in [0.15, 0.2) is 53.5 Å². The summed E-state index contributed by atoms with van der Waals surface area (Å²) < 4.78 is 78.0. The molecular weight excluding hydrogens is 452 g/mol. The quantitative estimate of drug-likeness (QED) is 0.325. The van der Waals surface area contributed by atoms with Crippen LogP contribution in [-0.4, -0.2) is 29.1 Å². The number of carbonyl (C=O) groups excluding carboxylic acids is 1. The second-order valence-corrected chi connectivity index (χ2v) is 7.70. The van der Waals surface area contributed by atoms with E-state index in [1.54, 1.807) is 0 Å². The Hall–Kier alpha value is -3.08. The van der Waals surface area contributed by atoms with Crippen LogP contribution in [-0.2, 0) is 12.4 Å². The lowest BCUT2D eigenvalue weighted by Crippen LogP contribution is -2.42. The van der Waals surface area contributed by atoms with Gasteiger partial charge in [-0.25, -0.2) is 0 Å². The molecule has 0 saturated heterocycles. The van der Waals surface area contributed by atoms with Crippen molar-refractivity contribution in [2.45, 2.75) is 50.2 Å². The van der Waals surface area contributed by atoms with Crippen LogP contribution >= 0.6 is 0 Å². The molecule has 2 aromatic carbocycles. The number of nitrogens with one attached hydrogen (secondary N) is 2. The molecule has 0 unspecified atom stereocenters. The first kappa shape index (κ1) is 24.6. The highest BCUT2D eigenvalue weighted by Crippen LogP contribution is 2.31. The van der Waals surface area contributed by atoms with Gasteiger partial charge in [0.2, 0.25) is 5.96 Å². The van der Waals surface area contributed by atoms with E-state index in [4.69, 9.17) is 0 Å². The summed E-state index contributed by atoms with van der Waals surface area (Å²) in [4.78, 5) is 16.4. The summed E-state index contributed by atoms with van der Waals surface area (Å²) >= 11 is 0. The third-order valence-corrected chi connectivity index (χ3v) is 5.14. The Morgan fingerprint density at radius 3 is 2.06 bits per heavy atom. The van der Waals surface area contributed by atoms with E-state index < -0.39 is 35.5 Å². The molecule has 0 aromatic heterocycles. The number of rotatable bonds is 3. The third kappa shape index (κ3) is 6.95. The minimum absolute atomic E-state index is 0.0104. The normalized spacial score (nSPS) is 19.8. The SMILES string of the molecule is O=C(/N=C(/Nc1cccc(C(F)(F)F)c1)N[C@H]1CC[C@H](O)CC1)c1cccc(C(F)(F)F)c1. The molecule has 1 amide bonds. The number of aliphatic hydroxyl groups is 1. The number of amides is 1. The molecule has 3 N–H and O–H groups in total. The lowest BCUT2D eigenvalue weighted by molar-refractivity contribution is -0.138. The van der Waals surface area contributed by atoms with Gasteiger partial charge >= 0.3 is 12.4 Å². The van der Waals surface area contributed by atoms with Gasteiger partial charge in [-0.2, -0.15) is 31.3 Å². The average Bonchev–Trinajstić information content (AvgIpc) is 2.74. The van der Waals surface area contributed by atoms with E-state index in [2.05, 4.69) is 15.6 Å². The molecule has 0 bridgehead atoms. The van der Waals surface area contributed by atoms with Crippen LogP contribution in [0.1, 0.15) is 47.2 Å². The van der Waals surface area contributed by atoms with Gasteiger partial charge in [0.15, 0.2) is 0 Å². The fraction of sp³-hybridized carbons (Fsp3) is 0.364. The molecule has 0 heterocycles. The fourth-order valence-corrected chi connectivity index (χ4v) is 3.41. The summed E-state index contributed by atoms with van der Waals surface area (Å²) in [6.07, 6.45) is -7.71. The van der Waals surface area contributed by atoms with Crippen molar-refractivity contribution in [1.29, 1.82) is 0 Å². The Balaban J connectivity index is 1.88. The second kappa shape index (κ2) is 9.82. The summed E-state index contributed by atoms with van der Waals surface area (Å²) in [7, 11) is 0. The highest BCUT2D eigenvalue weighted by molar-refractivity contribution is 6.06. The second-order valence-electron chi connectivity index (χ2n) is 7.70. The lowest BCUT2D eigenvalue weighted by Gasteiger charge is -2.27. The lowest BCUT2D eigenvalue weighted by atomic mass is 9.93. The number of aliphatic imine (C=N–C) groups is 1. The smallest absolute Gasteiger partial charge is 0.393 e. The molecule has 11 heteroatoms. The van der Waals surface area contributed by atoms with Crippen molar-refractivity contribution in [3.8, 4) is 0 Å². The number of alkyl halides is 6. The summed E-state index contributed by atoms with van der Waals surface area (Å²) in [5, 5.41) is 15.2. The van der Waals surface area contributed by atoms with Crippen LogP contribution in [0.5, 0.6) is 0 Å². The molecule has 33 heavy (non-hydrogen) atoms. The largest absolute Gasteiger partial charge is 0.416 e. The topological polar surface area (TPSA) is 73.7 Å². The molecular formula is C22H21F6N3O2. The van der Waals surface area contributed by atoms with Gasteiger partial charge in [-0.05, 0) is 62.1 Å². The van der Waals surface area contributed by atoms with Crippen molar-refractivity contribution in [1.82, 2.24) is 5.32 Å². The molecule has 2 aromatic rings. The highest BCUT2D eigenvalue weighted by Gasteiger charge is 2.32. The standard InChI is InChI=1S/C22H21F6N3O2/c23-21(24,25)14-4-1-3-13(11-14)19(33)31-20(29-16-7-9-18(32)10-8-16)30-17-6-2-5-15(12-17)22(26,27)28/h1-6,11-12,16,18,32H,7-10H2,(H2,29,30,31,33)/t16-,18-. The summed E-state index contributed by atoms with van der Waals surface area (Å²) in [6.45, 7) is 0. The molecule has 1 aliphatic carbocycles. The number of carbonyl (C=O) groups is 1.